The summed E-state index contributed by atoms with van der Waals surface area (Å²) in [6.45, 7) is 4.80. The van der Waals surface area contributed by atoms with Crippen LogP contribution in [0.15, 0.2) is 23.1 Å². The van der Waals surface area contributed by atoms with E-state index in [1.54, 1.807) is 0 Å². The van der Waals surface area contributed by atoms with Crippen molar-refractivity contribution in [3.63, 3.8) is 0 Å². The van der Waals surface area contributed by atoms with Gasteiger partial charge < -0.3 is 9.67 Å². The van der Waals surface area contributed by atoms with Crippen molar-refractivity contribution >= 4 is 5.97 Å². The third-order valence-electron chi connectivity index (χ3n) is 2.19. The molecule has 1 aromatic rings. The summed E-state index contributed by atoms with van der Waals surface area (Å²) < 4.78 is 1.53. The molecule has 0 fully saturated rings. The zero-order valence-electron chi connectivity index (χ0n) is 8.93. The number of carbonyl (C=O) groups is 1. The fourth-order valence-electron chi connectivity index (χ4n) is 1.22. The molecular weight excluding hydrogens is 194 g/mol. The van der Waals surface area contributed by atoms with Gasteiger partial charge in [0.15, 0.2) is 0 Å². The Balaban J connectivity index is 2.84. The Morgan fingerprint density at radius 2 is 2.20 bits per heavy atom. The van der Waals surface area contributed by atoms with Gasteiger partial charge >= 0.3 is 5.97 Å². The molecule has 0 atom stereocenters. The normalized spacial score (nSPS) is 10.6. The van der Waals surface area contributed by atoms with Crippen LogP contribution in [0.4, 0.5) is 0 Å². The molecule has 15 heavy (non-hydrogen) atoms. The summed E-state index contributed by atoms with van der Waals surface area (Å²) in [5, 5.41) is 8.67. The standard InChI is InChI=1S/C11H15NO3/c1-8(2)3-5-12-6-4-9(11(14)15)7-10(12)13/h4,6-8H,3,5H2,1-2H3,(H,14,15). The van der Waals surface area contributed by atoms with Crippen molar-refractivity contribution in [1.29, 1.82) is 0 Å². The van der Waals surface area contributed by atoms with Crippen LogP contribution in [0.2, 0.25) is 0 Å². The molecule has 0 unspecified atom stereocenters. The van der Waals surface area contributed by atoms with Crippen LogP contribution in [0.5, 0.6) is 0 Å². The van der Waals surface area contributed by atoms with Gasteiger partial charge in [0, 0.05) is 18.8 Å². The van der Waals surface area contributed by atoms with E-state index in [-0.39, 0.29) is 11.1 Å². The first-order valence-corrected chi connectivity index (χ1v) is 4.94. The van der Waals surface area contributed by atoms with Gasteiger partial charge in [-0.2, -0.15) is 0 Å². The minimum Gasteiger partial charge on any atom is -0.478 e. The van der Waals surface area contributed by atoms with Crippen LogP contribution in [0, 0.1) is 5.92 Å². The third-order valence-corrected chi connectivity index (χ3v) is 2.19. The van der Waals surface area contributed by atoms with Crippen molar-refractivity contribution in [3.05, 3.63) is 34.2 Å². The molecule has 0 spiro atoms. The fourth-order valence-corrected chi connectivity index (χ4v) is 1.22. The largest absolute Gasteiger partial charge is 0.478 e. The maximum absolute atomic E-state index is 11.5. The first-order chi connectivity index (χ1) is 7.00. The van der Waals surface area contributed by atoms with E-state index in [0.717, 1.165) is 12.5 Å². The quantitative estimate of drug-likeness (QED) is 0.819. The highest BCUT2D eigenvalue weighted by atomic mass is 16.4. The van der Waals surface area contributed by atoms with E-state index >= 15 is 0 Å². The van der Waals surface area contributed by atoms with Gasteiger partial charge in [-0.1, -0.05) is 13.8 Å². The second-order valence-corrected chi connectivity index (χ2v) is 3.93. The van der Waals surface area contributed by atoms with Crippen molar-refractivity contribution in [2.24, 2.45) is 5.92 Å². The lowest BCUT2D eigenvalue weighted by molar-refractivity contribution is 0.0696. The number of nitrogens with zero attached hydrogens (tertiary/aromatic N) is 1. The smallest absolute Gasteiger partial charge is 0.335 e. The molecule has 0 amide bonds. The number of hydrogen-bond acceptors (Lipinski definition) is 2. The highest BCUT2D eigenvalue weighted by Gasteiger charge is 2.05. The van der Waals surface area contributed by atoms with Gasteiger partial charge in [-0.3, -0.25) is 4.79 Å². The summed E-state index contributed by atoms with van der Waals surface area (Å²) in [6.07, 6.45) is 2.44. The minimum atomic E-state index is -1.07. The Bertz CT molecular complexity index is 407. The molecule has 0 aliphatic heterocycles. The highest BCUT2D eigenvalue weighted by Crippen LogP contribution is 2.01. The van der Waals surface area contributed by atoms with Gasteiger partial charge in [-0.25, -0.2) is 4.79 Å². The van der Waals surface area contributed by atoms with Gasteiger partial charge in [0.1, 0.15) is 0 Å². The first kappa shape index (κ1) is 11.5. The van der Waals surface area contributed by atoms with E-state index in [4.69, 9.17) is 5.11 Å². The van der Waals surface area contributed by atoms with Gasteiger partial charge in [-0.05, 0) is 18.4 Å². The number of aromatic carboxylic acids is 1. The average molecular weight is 209 g/mol. The molecule has 1 rings (SSSR count). The van der Waals surface area contributed by atoms with Crippen LogP contribution in [-0.2, 0) is 6.54 Å². The molecule has 0 saturated heterocycles. The Kier molecular flexibility index (Phi) is 3.66. The molecular formula is C11H15NO3. The number of rotatable bonds is 4. The zero-order chi connectivity index (χ0) is 11.4. The summed E-state index contributed by atoms with van der Waals surface area (Å²) in [7, 11) is 0. The number of aryl methyl sites for hydroxylation is 1. The zero-order valence-corrected chi connectivity index (χ0v) is 8.93. The Morgan fingerprint density at radius 3 is 2.67 bits per heavy atom. The third kappa shape index (κ3) is 3.23. The average Bonchev–Trinajstić information content (AvgIpc) is 2.15. The molecule has 0 aromatic carbocycles. The van der Waals surface area contributed by atoms with Gasteiger partial charge in [-0.15, -0.1) is 0 Å². The summed E-state index contributed by atoms with van der Waals surface area (Å²) in [5.74, 6) is -0.542. The van der Waals surface area contributed by atoms with Gasteiger partial charge in [0.25, 0.3) is 5.56 Å². The van der Waals surface area contributed by atoms with Crippen LogP contribution >= 0.6 is 0 Å². The Hall–Kier alpha value is -1.58. The maximum atomic E-state index is 11.5. The molecule has 1 N–H and O–H groups in total. The van der Waals surface area contributed by atoms with Crippen LogP contribution < -0.4 is 5.56 Å². The molecule has 0 saturated carbocycles. The van der Waals surface area contributed by atoms with Crippen LogP contribution in [0.3, 0.4) is 0 Å². The minimum absolute atomic E-state index is 0.0424. The number of carboxylic acids is 1. The van der Waals surface area contributed by atoms with Crippen LogP contribution in [0.25, 0.3) is 0 Å². The van der Waals surface area contributed by atoms with E-state index < -0.39 is 5.97 Å². The van der Waals surface area contributed by atoms with Crippen molar-refractivity contribution in [1.82, 2.24) is 4.57 Å². The topological polar surface area (TPSA) is 59.3 Å². The van der Waals surface area contributed by atoms with E-state index in [1.165, 1.54) is 16.8 Å². The second kappa shape index (κ2) is 4.77. The molecule has 0 aliphatic carbocycles. The molecule has 0 aliphatic rings. The molecule has 4 nitrogen and oxygen atoms in total. The number of aromatic nitrogens is 1. The lowest BCUT2D eigenvalue weighted by Crippen LogP contribution is -2.21. The predicted molar refractivity (Wildman–Crippen MR) is 57.1 cm³/mol. The second-order valence-electron chi connectivity index (χ2n) is 3.93. The highest BCUT2D eigenvalue weighted by molar-refractivity contribution is 5.87. The van der Waals surface area contributed by atoms with Gasteiger partial charge in [0.2, 0.25) is 0 Å². The lowest BCUT2D eigenvalue weighted by Gasteiger charge is -2.07. The predicted octanol–water partition coefficient (Wildman–Crippen LogP) is 1.59. The SMILES string of the molecule is CC(C)CCn1ccc(C(=O)O)cc1=O. The Morgan fingerprint density at radius 1 is 1.53 bits per heavy atom. The molecule has 4 heteroatoms. The number of pyridine rings is 1. The van der Waals surface area contributed by atoms with Crippen molar-refractivity contribution in [2.75, 3.05) is 0 Å². The monoisotopic (exact) mass is 209 g/mol. The van der Waals surface area contributed by atoms with E-state index in [1.807, 2.05) is 0 Å². The fraction of sp³-hybridized carbons (Fsp3) is 0.455. The summed E-state index contributed by atoms with van der Waals surface area (Å²) in [5.41, 5.74) is -0.212. The van der Waals surface area contributed by atoms with Crippen molar-refractivity contribution in [3.8, 4) is 0 Å². The molecule has 0 bridgehead atoms. The van der Waals surface area contributed by atoms with Crippen molar-refractivity contribution in [2.45, 2.75) is 26.8 Å². The molecule has 0 radical (unpaired) electrons. The Labute approximate surface area is 88.2 Å². The molecule has 1 aromatic heterocycles. The molecule has 82 valence electrons. The summed E-state index contributed by atoms with van der Waals surface area (Å²) in [4.78, 5) is 22.0. The van der Waals surface area contributed by atoms with Gasteiger partial charge in [0.05, 0.1) is 5.56 Å². The van der Waals surface area contributed by atoms with Crippen LogP contribution in [0.1, 0.15) is 30.6 Å². The van der Waals surface area contributed by atoms with Crippen molar-refractivity contribution < 1.29 is 9.90 Å². The van der Waals surface area contributed by atoms with E-state index in [2.05, 4.69) is 13.8 Å². The van der Waals surface area contributed by atoms with E-state index in [9.17, 15) is 9.59 Å². The number of carboxylic acid groups (broad SMARTS) is 1. The summed E-state index contributed by atoms with van der Waals surface area (Å²) in [6, 6.07) is 2.60. The lowest BCUT2D eigenvalue weighted by atomic mass is 10.1. The van der Waals surface area contributed by atoms with E-state index in [0.29, 0.717) is 12.5 Å². The first-order valence-electron chi connectivity index (χ1n) is 4.94. The summed E-state index contributed by atoms with van der Waals surface area (Å²) >= 11 is 0. The maximum Gasteiger partial charge on any atom is 0.335 e. The molecule has 1 heterocycles. The number of hydrogen-bond donors (Lipinski definition) is 1. The van der Waals surface area contributed by atoms with Crippen LogP contribution in [-0.4, -0.2) is 15.6 Å².